The second-order valence-corrected chi connectivity index (χ2v) is 18.8. The SMILES string of the molecule is C=CC1CCC(C2CCC(C3=C(F)C(F)C(OCCCCC(CCCCOc4ccc(C5CCC(C6CCC(C=C)CC6)CC5)c(F)c4F)C(F)(F)F)C=C3)CC2)CC1. The van der Waals surface area contributed by atoms with Gasteiger partial charge in [-0.25, -0.2) is 13.2 Å². The first-order valence-electron chi connectivity index (χ1n) is 23.2. The summed E-state index contributed by atoms with van der Waals surface area (Å²) in [5.74, 6) is -0.451. The van der Waals surface area contributed by atoms with Gasteiger partial charge in [-0.1, -0.05) is 36.8 Å². The van der Waals surface area contributed by atoms with Gasteiger partial charge in [-0.15, -0.1) is 13.2 Å². The Balaban J connectivity index is 0.852. The van der Waals surface area contributed by atoms with Crippen molar-refractivity contribution in [1.82, 2.24) is 0 Å². The van der Waals surface area contributed by atoms with E-state index in [1.807, 2.05) is 0 Å². The third-order valence-corrected chi connectivity index (χ3v) is 15.3. The van der Waals surface area contributed by atoms with E-state index in [-0.39, 0.29) is 62.9 Å². The predicted octanol–water partition coefficient (Wildman–Crippen LogP) is 15.4. The summed E-state index contributed by atoms with van der Waals surface area (Å²) >= 11 is 0. The fourth-order valence-electron chi connectivity index (χ4n) is 11.5. The van der Waals surface area contributed by atoms with E-state index in [2.05, 4.69) is 25.3 Å². The Morgan fingerprint density at radius 1 is 0.627 bits per heavy atom. The maximum atomic E-state index is 15.3. The monoisotopic (exact) mass is 835 g/mol. The summed E-state index contributed by atoms with van der Waals surface area (Å²) in [6.07, 6.45) is 18.0. The highest BCUT2D eigenvalue weighted by molar-refractivity contribution is 5.34. The number of allylic oxidation sites excluding steroid dienone is 4. The summed E-state index contributed by atoms with van der Waals surface area (Å²) in [6.45, 7) is 7.90. The zero-order valence-corrected chi connectivity index (χ0v) is 35.2. The van der Waals surface area contributed by atoms with Crippen LogP contribution in [0.4, 0.5) is 30.7 Å². The van der Waals surface area contributed by atoms with E-state index in [1.54, 1.807) is 18.2 Å². The predicted molar refractivity (Wildman–Crippen MR) is 222 cm³/mol. The Morgan fingerprint density at radius 2 is 1.12 bits per heavy atom. The second kappa shape index (κ2) is 22.0. The number of benzene rings is 1. The fraction of sp³-hybridized carbons (Fsp3) is 0.720. The number of hydrogen-bond acceptors (Lipinski definition) is 2. The molecule has 3 atom stereocenters. The molecule has 9 heteroatoms. The second-order valence-electron chi connectivity index (χ2n) is 18.8. The highest BCUT2D eigenvalue weighted by atomic mass is 19.4. The molecule has 0 aromatic heterocycles. The number of rotatable bonds is 18. The summed E-state index contributed by atoms with van der Waals surface area (Å²) in [5, 5.41) is 0. The number of ether oxygens (including phenoxy) is 2. The van der Waals surface area contributed by atoms with E-state index in [4.69, 9.17) is 9.47 Å². The van der Waals surface area contributed by atoms with Gasteiger partial charge in [0.05, 0.1) is 12.5 Å². The molecule has 6 rings (SSSR count). The maximum Gasteiger partial charge on any atom is 0.391 e. The van der Waals surface area contributed by atoms with Crippen molar-refractivity contribution >= 4 is 0 Å². The van der Waals surface area contributed by atoms with Crippen LogP contribution in [-0.2, 0) is 4.74 Å². The lowest BCUT2D eigenvalue weighted by Gasteiger charge is -2.38. The van der Waals surface area contributed by atoms with E-state index >= 15 is 17.6 Å². The summed E-state index contributed by atoms with van der Waals surface area (Å²) < 4.78 is 114. The molecule has 5 aliphatic carbocycles. The minimum absolute atomic E-state index is 0.00479. The molecular formula is C50H69F7O2. The molecule has 0 heterocycles. The van der Waals surface area contributed by atoms with E-state index in [1.165, 1.54) is 57.4 Å². The topological polar surface area (TPSA) is 18.5 Å². The molecular weight excluding hydrogens is 766 g/mol. The maximum absolute atomic E-state index is 15.3. The smallest absolute Gasteiger partial charge is 0.391 e. The van der Waals surface area contributed by atoms with Crippen LogP contribution >= 0.6 is 0 Å². The zero-order chi connectivity index (χ0) is 41.9. The number of unbranched alkanes of at least 4 members (excludes halogenated alkanes) is 2. The Morgan fingerprint density at radius 3 is 1.63 bits per heavy atom. The van der Waals surface area contributed by atoms with Gasteiger partial charge in [0.25, 0.3) is 0 Å². The Bertz CT molecular complexity index is 1540. The summed E-state index contributed by atoms with van der Waals surface area (Å²) in [4.78, 5) is 0. The van der Waals surface area contributed by atoms with Gasteiger partial charge in [0.2, 0.25) is 5.82 Å². The molecule has 330 valence electrons. The minimum Gasteiger partial charge on any atom is -0.490 e. The largest absolute Gasteiger partial charge is 0.490 e. The molecule has 2 nitrogen and oxygen atoms in total. The molecule has 59 heavy (non-hydrogen) atoms. The van der Waals surface area contributed by atoms with Gasteiger partial charge in [-0.2, -0.15) is 17.6 Å². The van der Waals surface area contributed by atoms with Crippen molar-refractivity contribution in [3.63, 3.8) is 0 Å². The van der Waals surface area contributed by atoms with Gasteiger partial charge >= 0.3 is 6.18 Å². The first-order chi connectivity index (χ1) is 28.5. The van der Waals surface area contributed by atoms with Crippen molar-refractivity contribution in [2.75, 3.05) is 13.2 Å². The van der Waals surface area contributed by atoms with Gasteiger partial charge in [0, 0.05) is 6.61 Å². The van der Waals surface area contributed by atoms with Crippen LogP contribution in [0.2, 0.25) is 0 Å². The van der Waals surface area contributed by atoms with Gasteiger partial charge in [0.15, 0.2) is 17.7 Å². The molecule has 4 saturated carbocycles. The average molecular weight is 835 g/mol. The van der Waals surface area contributed by atoms with Crippen LogP contribution in [0, 0.1) is 59.0 Å². The molecule has 0 radical (unpaired) electrons. The van der Waals surface area contributed by atoms with Crippen molar-refractivity contribution in [1.29, 1.82) is 0 Å². The molecule has 3 unspecified atom stereocenters. The molecule has 5 aliphatic rings. The summed E-state index contributed by atoms with van der Waals surface area (Å²) in [5.41, 5.74) is 0.833. The molecule has 0 spiro atoms. The number of alkyl halides is 4. The Labute approximate surface area is 349 Å². The molecule has 0 amide bonds. The van der Waals surface area contributed by atoms with Crippen LogP contribution in [0.15, 0.2) is 61.0 Å². The van der Waals surface area contributed by atoms with Gasteiger partial charge in [0.1, 0.15) is 11.9 Å². The van der Waals surface area contributed by atoms with Gasteiger partial charge in [-0.3, -0.25) is 0 Å². The third-order valence-electron chi connectivity index (χ3n) is 15.3. The number of hydrogen-bond donors (Lipinski definition) is 0. The minimum atomic E-state index is -4.39. The fourth-order valence-corrected chi connectivity index (χ4v) is 11.5. The third kappa shape index (κ3) is 12.3. The lowest BCUT2D eigenvalue weighted by Crippen LogP contribution is -2.30. The van der Waals surface area contributed by atoms with E-state index in [0.29, 0.717) is 47.1 Å². The van der Waals surface area contributed by atoms with E-state index in [0.717, 1.165) is 57.3 Å². The van der Waals surface area contributed by atoms with Gasteiger partial charge < -0.3 is 9.47 Å². The van der Waals surface area contributed by atoms with Crippen LogP contribution in [0.3, 0.4) is 0 Å². The molecule has 0 N–H and O–H groups in total. The van der Waals surface area contributed by atoms with Crippen LogP contribution < -0.4 is 4.74 Å². The van der Waals surface area contributed by atoms with Crippen molar-refractivity contribution < 1.29 is 40.2 Å². The van der Waals surface area contributed by atoms with Crippen LogP contribution in [0.1, 0.15) is 153 Å². The first-order valence-corrected chi connectivity index (χ1v) is 23.2. The lowest BCUT2D eigenvalue weighted by atomic mass is 9.68. The van der Waals surface area contributed by atoms with Gasteiger partial charge in [-0.05, 0) is 199 Å². The molecule has 1 aromatic carbocycles. The van der Waals surface area contributed by atoms with Crippen LogP contribution in [-0.4, -0.2) is 31.7 Å². The molecule has 0 bridgehead atoms. The highest BCUT2D eigenvalue weighted by Crippen LogP contribution is 2.47. The normalized spacial score (nSPS) is 32.5. The summed E-state index contributed by atoms with van der Waals surface area (Å²) in [7, 11) is 0. The Hall–Kier alpha value is -2.55. The molecule has 1 aromatic rings. The standard InChI is InChI=1S/C50H69F7O2/c1-3-33-11-15-35(16-12-33)37-19-23-39(24-20-37)42-27-29-44(48(53)46(42)51)58-31-7-5-9-41(50(55,56)57)10-6-8-32-59-45-30-28-43(47(52)49(45)54)40-25-21-38(22-26-40)36-17-13-34(4-2)14-18-36/h3-4,27-30,33-41,44,48H,1-2,5-26,31-32H2. The molecule has 0 aliphatic heterocycles. The van der Waals surface area contributed by atoms with Crippen molar-refractivity contribution in [2.24, 2.45) is 47.3 Å². The van der Waals surface area contributed by atoms with Crippen molar-refractivity contribution in [3.8, 4) is 5.75 Å². The van der Waals surface area contributed by atoms with E-state index in [9.17, 15) is 13.2 Å². The average Bonchev–Trinajstić information content (AvgIpc) is 3.25. The van der Waals surface area contributed by atoms with Crippen molar-refractivity contribution in [2.45, 2.75) is 166 Å². The quantitative estimate of drug-likeness (QED) is 0.0833. The number of halogens is 7. The van der Waals surface area contributed by atoms with Crippen LogP contribution in [0.25, 0.3) is 0 Å². The highest BCUT2D eigenvalue weighted by Gasteiger charge is 2.39. The van der Waals surface area contributed by atoms with Crippen LogP contribution in [0.5, 0.6) is 5.75 Å². The summed E-state index contributed by atoms with van der Waals surface area (Å²) in [6, 6.07) is 3.07. The van der Waals surface area contributed by atoms with Crippen molar-refractivity contribution in [3.05, 3.63) is 78.2 Å². The zero-order valence-electron chi connectivity index (χ0n) is 35.2. The molecule has 0 saturated heterocycles. The first kappa shape index (κ1) is 46.0. The Kier molecular flexibility index (Phi) is 17.1. The van der Waals surface area contributed by atoms with E-state index < -0.39 is 41.8 Å². The lowest BCUT2D eigenvalue weighted by molar-refractivity contribution is -0.179. The molecule has 4 fully saturated rings.